The first-order valence-electron chi connectivity index (χ1n) is 18.0. The highest BCUT2D eigenvalue weighted by atomic mass is 16.5. The molecule has 3 nitrogen and oxygen atoms in total. The summed E-state index contributed by atoms with van der Waals surface area (Å²) >= 11 is 0. The van der Waals surface area contributed by atoms with Crippen LogP contribution in [0.5, 0.6) is 11.5 Å². The minimum atomic E-state index is 0.109. The van der Waals surface area contributed by atoms with E-state index >= 15 is 0 Å². The van der Waals surface area contributed by atoms with E-state index in [1.165, 1.54) is 87.9 Å². The molecule has 0 unspecified atom stereocenters. The Kier molecular flexibility index (Phi) is 5.58. The quantitative estimate of drug-likeness (QED) is 0.173. The van der Waals surface area contributed by atoms with Crippen molar-refractivity contribution in [1.82, 2.24) is 9.13 Å². The standard InChI is InChI=1S/C48H29BN2O/c1-3-13-30(14-4-1)32-25-33(31-15-5-2-6-16-31)27-34(26-32)50-41-21-9-7-17-35(41)37-28-38-36-18-11-20-40-48(36)51(44(38)29-43(37)50)42-22-12-24-46-47(42)49(40)39-19-8-10-23-45(39)52-46/h1-29H. The number of benzene rings is 8. The van der Waals surface area contributed by atoms with Crippen LogP contribution in [0.15, 0.2) is 176 Å². The summed E-state index contributed by atoms with van der Waals surface area (Å²) < 4.78 is 11.6. The molecule has 2 aliphatic heterocycles. The lowest BCUT2D eigenvalue weighted by Gasteiger charge is -2.33. The number of nitrogens with zero attached hydrogens (tertiary/aromatic N) is 2. The average molecular weight is 661 g/mol. The molecule has 0 aliphatic carbocycles. The maximum Gasteiger partial charge on any atom is 0.256 e. The van der Waals surface area contributed by atoms with Gasteiger partial charge in [-0.3, -0.25) is 0 Å². The van der Waals surface area contributed by atoms with Crippen molar-refractivity contribution >= 4 is 66.7 Å². The van der Waals surface area contributed by atoms with E-state index in [2.05, 4.69) is 185 Å². The average Bonchev–Trinajstić information content (AvgIpc) is 3.71. The van der Waals surface area contributed by atoms with Gasteiger partial charge in [0.2, 0.25) is 0 Å². The molecule has 2 aliphatic rings. The molecule has 0 bridgehead atoms. The van der Waals surface area contributed by atoms with Crippen molar-refractivity contribution in [3.05, 3.63) is 176 Å². The summed E-state index contributed by atoms with van der Waals surface area (Å²) in [5.74, 6) is 1.88. The molecule has 240 valence electrons. The Hall–Kier alpha value is -6.78. The normalized spacial score (nSPS) is 12.7. The minimum absolute atomic E-state index is 0.109. The van der Waals surface area contributed by atoms with Gasteiger partial charge in [0.15, 0.2) is 0 Å². The summed E-state index contributed by atoms with van der Waals surface area (Å²) in [7, 11) is 0. The Balaban J connectivity index is 1.20. The fourth-order valence-electron chi connectivity index (χ4n) is 9.17. The van der Waals surface area contributed by atoms with E-state index in [-0.39, 0.29) is 6.71 Å². The van der Waals surface area contributed by atoms with E-state index in [4.69, 9.17) is 4.74 Å². The SMILES string of the molecule is c1ccc(-c2cc(-c3ccccc3)cc(-n3c4ccccc4c4cc5c6cccc7c6n(c5cc43)-c3cccc4c3B7c3ccccc3O4)c2)cc1. The van der Waals surface area contributed by atoms with Crippen molar-refractivity contribution in [2.45, 2.75) is 0 Å². The lowest BCUT2D eigenvalue weighted by atomic mass is 9.34. The Morgan fingerprint density at radius 2 is 1.00 bits per heavy atom. The van der Waals surface area contributed by atoms with Crippen LogP contribution >= 0.6 is 0 Å². The third-order valence-corrected chi connectivity index (χ3v) is 11.3. The van der Waals surface area contributed by atoms with Crippen LogP contribution < -0.4 is 21.1 Å². The Morgan fingerprint density at radius 1 is 0.385 bits per heavy atom. The molecule has 0 amide bonds. The number of rotatable bonds is 3. The van der Waals surface area contributed by atoms with Crippen LogP contribution in [-0.2, 0) is 0 Å². The number of para-hydroxylation sites is 3. The highest BCUT2D eigenvalue weighted by Gasteiger charge is 2.40. The monoisotopic (exact) mass is 660 g/mol. The molecule has 0 saturated carbocycles. The third kappa shape index (κ3) is 3.76. The zero-order valence-electron chi connectivity index (χ0n) is 28.1. The van der Waals surface area contributed by atoms with Crippen LogP contribution in [0.25, 0.3) is 77.2 Å². The number of ether oxygens (including phenoxy) is 1. The number of fused-ring (bicyclic) bond motifs is 10. The lowest BCUT2D eigenvalue weighted by molar-refractivity contribution is 0.487. The van der Waals surface area contributed by atoms with Crippen LogP contribution in [0, 0.1) is 0 Å². The first-order valence-corrected chi connectivity index (χ1v) is 18.0. The summed E-state index contributed by atoms with van der Waals surface area (Å²) in [6.45, 7) is 0.109. The first-order chi connectivity index (χ1) is 25.8. The molecule has 12 rings (SSSR count). The second-order valence-corrected chi connectivity index (χ2v) is 14.1. The van der Waals surface area contributed by atoms with Crippen molar-refractivity contribution in [2.75, 3.05) is 0 Å². The molecule has 10 aromatic rings. The lowest BCUT2D eigenvalue weighted by Crippen LogP contribution is -2.58. The van der Waals surface area contributed by atoms with Gasteiger partial charge in [-0.2, -0.15) is 0 Å². The largest absolute Gasteiger partial charge is 0.458 e. The van der Waals surface area contributed by atoms with Crippen LogP contribution in [0.3, 0.4) is 0 Å². The van der Waals surface area contributed by atoms with Crippen molar-refractivity contribution < 1.29 is 4.74 Å². The number of hydrogen-bond acceptors (Lipinski definition) is 1. The summed E-state index contributed by atoms with van der Waals surface area (Å²) in [5, 5.41) is 5.05. The van der Waals surface area contributed by atoms with Gasteiger partial charge in [0.05, 0.1) is 16.6 Å². The van der Waals surface area contributed by atoms with Gasteiger partial charge < -0.3 is 13.9 Å². The third-order valence-electron chi connectivity index (χ3n) is 11.3. The van der Waals surface area contributed by atoms with Crippen molar-refractivity contribution in [2.24, 2.45) is 0 Å². The highest BCUT2D eigenvalue weighted by Crippen LogP contribution is 2.42. The molecular formula is C48H29BN2O. The van der Waals surface area contributed by atoms with E-state index in [1.807, 2.05) is 0 Å². The second kappa shape index (κ2) is 10.4. The van der Waals surface area contributed by atoms with Gasteiger partial charge in [0.25, 0.3) is 6.71 Å². The molecular weight excluding hydrogens is 631 g/mol. The van der Waals surface area contributed by atoms with Crippen LogP contribution in [0.4, 0.5) is 0 Å². The number of aromatic nitrogens is 2. The topological polar surface area (TPSA) is 19.1 Å². The van der Waals surface area contributed by atoms with Crippen LogP contribution in [0.1, 0.15) is 0 Å². The molecule has 52 heavy (non-hydrogen) atoms. The minimum Gasteiger partial charge on any atom is -0.458 e. The molecule has 0 spiro atoms. The van der Waals surface area contributed by atoms with Gasteiger partial charge in [-0.05, 0) is 93.2 Å². The van der Waals surface area contributed by atoms with Crippen LogP contribution in [0.2, 0.25) is 0 Å². The molecule has 0 radical (unpaired) electrons. The molecule has 0 fully saturated rings. The summed E-state index contributed by atoms with van der Waals surface area (Å²) in [6.07, 6.45) is 0. The van der Waals surface area contributed by atoms with Gasteiger partial charge in [0, 0.05) is 38.4 Å². The molecule has 4 heteroatoms. The highest BCUT2D eigenvalue weighted by molar-refractivity contribution is 6.99. The zero-order valence-corrected chi connectivity index (χ0v) is 28.1. The smallest absolute Gasteiger partial charge is 0.256 e. The molecule has 0 saturated heterocycles. The Labute approximate surface area is 300 Å². The summed E-state index contributed by atoms with van der Waals surface area (Å²) in [6, 6.07) is 64.1. The maximum atomic E-state index is 6.59. The molecule has 0 atom stereocenters. The van der Waals surface area contributed by atoms with Crippen molar-refractivity contribution in [3.8, 4) is 45.1 Å². The van der Waals surface area contributed by atoms with E-state index < -0.39 is 0 Å². The molecule has 0 N–H and O–H groups in total. The zero-order chi connectivity index (χ0) is 33.9. The summed E-state index contributed by atoms with van der Waals surface area (Å²) in [4.78, 5) is 0. The number of hydrogen-bond donors (Lipinski definition) is 0. The Morgan fingerprint density at radius 3 is 1.81 bits per heavy atom. The predicted octanol–water partition coefficient (Wildman–Crippen LogP) is 10.2. The van der Waals surface area contributed by atoms with Gasteiger partial charge >= 0.3 is 0 Å². The molecule has 2 aromatic heterocycles. The van der Waals surface area contributed by atoms with Crippen molar-refractivity contribution in [3.63, 3.8) is 0 Å². The van der Waals surface area contributed by atoms with Gasteiger partial charge in [-0.25, -0.2) is 0 Å². The Bertz CT molecular complexity index is 3040. The predicted molar refractivity (Wildman–Crippen MR) is 217 cm³/mol. The van der Waals surface area contributed by atoms with E-state index in [0.717, 1.165) is 17.2 Å². The maximum absolute atomic E-state index is 6.59. The fraction of sp³-hybridized carbons (Fsp3) is 0. The van der Waals surface area contributed by atoms with E-state index in [0.29, 0.717) is 0 Å². The van der Waals surface area contributed by atoms with Gasteiger partial charge in [-0.15, -0.1) is 0 Å². The molecule has 4 heterocycles. The van der Waals surface area contributed by atoms with Gasteiger partial charge in [-0.1, -0.05) is 121 Å². The molecule has 8 aromatic carbocycles. The second-order valence-electron chi connectivity index (χ2n) is 14.1. The fourth-order valence-corrected chi connectivity index (χ4v) is 9.17. The first kappa shape index (κ1) is 28.0. The van der Waals surface area contributed by atoms with Gasteiger partial charge in [0.1, 0.15) is 11.5 Å². The summed E-state index contributed by atoms with van der Waals surface area (Å²) in [5.41, 5.74) is 15.8. The van der Waals surface area contributed by atoms with Crippen LogP contribution in [-0.4, -0.2) is 15.8 Å². The van der Waals surface area contributed by atoms with E-state index in [1.54, 1.807) is 0 Å². The van der Waals surface area contributed by atoms with Crippen molar-refractivity contribution in [1.29, 1.82) is 0 Å². The van der Waals surface area contributed by atoms with E-state index in [9.17, 15) is 0 Å².